The van der Waals surface area contributed by atoms with E-state index in [0.717, 1.165) is 31.7 Å². The molecule has 0 unspecified atom stereocenters. The highest BCUT2D eigenvalue weighted by Gasteiger charge is 2.32. The van der Waals surface area contributed by atoms with Crippen LogP contribution in [0.3, 0.4) is 0 Å². The van der Waals surface area contributed by atoms with Crippen LogP contribution in [-0.2, 0) is 0 Å². The molecule has 0 saturated carbocycles. The number of nitrogens with one attached hydrogen (secondary N) is 1. The molecule has 1 aromatic carbocycles. The van der Waals surface area contributed by atoms with Crippen LogP contribution in [0.2, 0.25) is 0 Å². The Morgan fingerprint density at radius 3 is 2.50 bits per heavy atom. The average Bonchev–Trinajstić information content (AvgIpc) is 2.40. The van der Waals surface area contributed by atoms with Gasteiger partial charge in [0.1, 0.15) is 11.9 Å². The summed E-state index contributed by atoms with van der Waals surface area (Å²) in [6.45, 7) is 10.5. The van der Waals surface area contributed by atoms with Crippen LogP contribution in [0.15, 0.2) is 18.2 Å². The van der Waals surface area contributed by atoms with Crippen LogP contribution in [0.1, 0.15) is 37.9 Å². The van der Waals surface area contributed by atoms with Crippen molar-refractivity contribution < 1.29 is 4.39 Å². The van der Waals surface area contributed by atoms with Gasteiger partial charge in [-0.2, -0.15) is 5.26 Å². The van der Waals surface area contributed by atoms with Crippen LogP contribution in [-0.4, -0.2) is 31.1 Å². The summed E-state index contributed by atoms with van der Waals surface area (Å²) in [7, 11) is 0. The third-order valence-electron chi connectivity index (χ3n) is 3.76. The van der Waals surface area contributed by atoms with Gasteiger partial charge in [-0.25, -0.2) is 4.39 Å². The monoisotopic (exact) mass is 275 g/mol. The number of nitriles is 1. The van der Waals surface area contributed by atoms with Crippen LogP contribution < -0.4 is 5.32 Å². The lowest BCUT2D eigenvalue weighted by Gasteiger charge is -2.42. The van der Waals surface area contributed by atoms with Gasteiger partial charge in [-0.05, 0) is 23.1 Å². The molecule has 2 rings (SSSR count). The van der Waals surface area contributed by atoms with Crippen molar-refractivity contribution in [2.24, 2.45) is 5.41 Å². The smallest absolute Gasteiger partial charge is 0.140 e. The molecule has 3 nitrogen and oxygen atoms in total. The van der Waals surface area contributed by atoms with Crippen molar-refractivity contribution in [2.45, 2.75) is 26.8 Å². The van der Waals surface area contributed by atoms with Crippen molar-refractivity contribution in [3.63, 3.8) is 0 Å². The first-order chi connectivity index (χ1) is 9.43. The molecule has 1 saturated heterocycles. The minimum absolute atomic E-state index is 0.0297. The third kappa shape index (κ3) is 3.17. The molecule has 4 heteroatoms. The molecule has 0 aromatic heterocycles. The van der Waals surface area contributed by atoms with E-state index in [2.05, 4.69) is 31.0 Å². The Labute approximate surface area is 120 Å². The Morgan fingerprint density at radius 1 is 1.30 bits per heavy atom. The van der Waals surface area contributed by atoms with Gasteiger partial charge in [-0.1, -0.05) is 26.8 Å². The largest absolute Gasteiger partial charge is 0.314 e. The maximum Gasteiger partial charge on any atom is 0.140 e. The molecule has 1 aromatic rings. The Hall–Kier alpha value is -1.44. The van der Waals surface area contributed by atoms with Crippen molar-refractivity contribution >= 4 is 0 Å². The lowest BCUT2D eigenvalue weighted by atomic mass is 9.80. The minimum Gasteiger partial charge on any atom is -0.314 e. The van der Waals surface area contributed by atoms with E-state index < -0.39 is 5.82 Å². The zero-order valence-electron chi connectivity index (χ0n) is 12.4. The van der Waals surface area contributed by atoms with Gasteiger partial charge in [0.25, 0.3) is 0 Å². The second-order valence-corrected chi connectivity index (χ2v) is 6.41. The number of nitrogens with zero attached hydrogens (tertiary/aromatic N) is 2. The van der Waals surface area contributed by atoms with E-state index in [1.165, 1.54) is 6.07 Å². The summed E-state index contributed by atoms with van der Waals surface area (Å²) in [6, 6.07) is 7.06. The maximum absolute atomic E-state index is 13.5. The van der Waals surface area contributed by atoms with Gasteiger partial charge in [0, 0.05) is 32.2 Å². The SMILES string of the molecule is CC(C)(C)[C@H](c1ccc(F)c(C#N)c1)N1CCNCC1. The Balaban J connectivity index is 2.39. The van der Waals surface area contributed by atoms with Gasteiger partial charge in [-0.15, -0.1) is 0 Å². The van der Waals surface area contributed by atoms with Crippen molar-refractivity contribution in [2.75, 3.05) is 26.2 Å². The van der Waals surface area contributed by atoms with Gasteiger partial charge in [0.15, 0.2) is 0 Å². The van der Waals surface area contributed by atoms with Gasteiger partial charge in [-0.3, -0.25) is 4.90 Å². The molecule has 0 bridgehead atoms. The molecule has 1 N–H and O–H groups in total. The molecule has 20 heavy (non-hydrogen) atoms. The summed E-state index contributed by atoms with van der Waals surface area (Å²) in [5, 5.41) is 12.4. The summed E-state index contributed by atoms with van der Waals surface area (Å²) >= 11 is 0. The zero-order valence-corrected chi connectivity index (χ0v) is 12.4. The molecule has 1 heterocycles. The Morgan fingerprint density at radius 2 is 1.95 bits per heavy atom. The molecule has 108 valence electrons. The number of benzene rings is 1. The molecule has 1 atom stereocenters. The van der Waals surface area contributed by atoms with E-state index in [0.29, 0.717) is 0 Å². The molecule has 0 spiro atoms. The van der Waals surface area contributed by atoms with Gasteiger partial charge < -0.3 is 5.32 Å². The van der Waals surface area contributed by atoms with Crippen LogP contribution in [0, 0.1) is 22.6 Å². The van der Waals surface area contributed by atoms with Crippen molar-refractivity contribution in [3.05, 3.63) is 35.1 Å². The standard InChI is InChI=1S/C16H22FN3/c1-16(2,3)15(20-8-6-19-7-9-20)12-4-5-14(17)13(10-12)11-18/h4-5,10,15,19H,6-9H2,1-3H3/t15-/m0/s1. The molecule has 1 aliphatic rings. The summed E-state index contributed by atoms with van der Waals surface area (Å²) < 4.78 is 13.5. The first kappa shape index (κ1) is 15.0. The fraction of sp³-hybridized carbons (Fsp3) is 0.562. The molecule has 0 aliphatic carbocycles. The van der Waals surface area contributed by atoms with E-state index in [1.54, 1.807) is 6.07 Å². The lowest BCUT2D eigenvalue weighted by molar-refractivity contribution is 0.0861. The molecule has 1 aliphatic heterocycles. The maximum atomic E-state index is 13.5. The van der Waals surface area contributed by atoms with Crippen LogP contribution in [0.25, 0.3) is 0 Å². The van der Waals surface area contributed by atoms with E-state index in [1.807, 2.05) is 12.1 Å². The molecule has 0 radical (unpaired) electrons. The number of hydrogen-bond donors (Lipinski definition) is 1. The topological polar surface area (TPSA) is 39.1 Å². The van der Waals surface area contributed by atoms with E-state index >= 15 is 0 Å². The first-order valence-corrected chi connectivity index (χ1v) is 7.08. The summed E-state index contributed by atoms with van der Waals surface area (Å²) in [5.41, 5.74) is 1.19. The van der Waals surface area contributed by atoms with Gasteiger partial charge in [0.2, 0.25) is 0 Å². The summed E-state index contributed by atoms with van der Waals surface area (Å²) in [5.74, 6) is -0.441. The average molecular weight is 275 g/mol. The molecular formula is C16H22FN3. The minimum atomic E-state index is -0.441. The fourth-order valence-electron chi connectivity index (χ4n) is 3.00. The van der Waals surface area contributed by atoms with Crippen LogP contribution >= 0.6 is 0 Å². The third-order valence-corrected chi connectivity index (χ3v) is 3.76. The van der Waals surface area contributed by atoms with E-state index in [-0.39, 0.29) is 17.0 Å². The predicted molar refractivity (Wildman–Crippen MR) is 77.8 cm³/mol. The van der Waals surface area contributed by atoms with E-state index in [4.69, 9.17) is 5.26 Å². The van der Waals surface area contributed by atoms with Crippen molar-refractivity contribution in [3.8, 4) is 6.07 Å². The fourth-order valence-corrected chi connectivity index (χ4v) is 3.00. The van der Waals surface area contributed by atoms with Gasteiger partial charge >= 0.3 is 0 Å². The number of halogens is 1. The number of rotatable bonds is 2. The quantitative estimate of drug-likeness (QED) is 0.902. The highest BCUT2D eigenvalue weighted by molar-refractivity contribution is 5.36. The second kappa shape index (κ2) is 5.90. The normalized spacial score (nSPS) is 18.6. The number of hydrogen-bond acceptors (Lipinski definition) is 3. The Kier molecular flexibility index (Phi) is 4.42. The van der Waals surface area contributed by atoms with Crippen molar-refractivity contribution in [1.29, 1.82) is 5.26 Å². The first-order valence-electron chi connectivity index (χ1n) is 7.08. The zero-order chi connectivity index (χ0) is 14.8. The van der Waals surface area contributed by atoms with Crippen LogP contribution in [0.5, 0.6) is 0 Å². The highest BCUT2D eigenvalue weighted by Crippen LogP contribution is 2.38. The summed E-state index contributed by atoms with van der Waals surface area (Å²) in [6.07, 6.45) is 0. The van der Waals surface area contributed by atoms with Crippen LogP contribution in [0.4, 0.5) is 4.39 Å². The molecule has 1 fully saturated rings. The second-order valence-electron chi connectivity index (χ2n) is 6.41. The molecular weight excluding hydrogens is 253 g/mol. The lowest BCUT2D eigenvalue weighted by Crippen LogP contribution is -2.48. The predicted octanol–water partition coefficient (Wildman–Crippen LogP) is 2.69. The van der Waals surface area contributed by atoms with Gasteiger partial charge in [0.05, 0.1) is 5.56 Å². The van der Waals surface area contributed by atoms with Crippen molar-refractivity contribution in [1.82, 2.24) is 10.2 Å². The summed E-state index contributed by atoms with van der Waals surface area (Å²) in [4.78, 5) is 2.42. The highest BCUT2D eigenvalue weighted by atomic mass is 19.1. The Bertz CT molecular complexity index is 507. The molecule has 0 amide bonds. The van der Waals surface area contributed by atoms with E-state index in [9.17, 15) is 4.39 Å². The number of piperazine rings is 1.